The van der Waals surface area contributed by atoms with Crippen LogP contribution in [-0.2, 0) is 9.47 Å². The van der Waals surface area contributed by atoms with Crippen molar-refractivity contribution in [3.8, 4) is 11.5 Å². The predicted octanol–water partition coefficient (Wildman–Crippen LogP) is 2.30. The Morgan fingerprint density at radius 3 is 2.14 bits per heavy atom. The molecule has 6 nitrogen and oxygen atoms in total. The van der Waals surface area contributed by atoms with Gasteiger partial charge in [0.1, 0.15) is 24.7 Å². The molecule has 0 aromatic carbocycles. The smallest absolute Gasteiger partial charge is 0.162 e. The minimum atomic E-state index is 0.290. The van der Waals surface area contributed by atoms with Gasteiger partial charge in [-0.25, -0.2) is 9.97 Å². The van der Waals surface area contributed by atoms with Crippen LogP contribution < -0.4 is 9.47 Å². The summed E-state index contributed by atoms with van der Waals surface area (Å²) < 4.78 is 21.2. The van der Waals surface area contributed by atoms with Gasteiger partial charge in [-0.15, -0.1) is 0 Å². The van der Waals surface area contributed by atoms with Crippen molar-refractivity contribution in [3.63, 3.8) is 0 Å². The lowest BCUT2D eigenvalue weighted by atomic mass is 10.4. The Balaban J connectivity index is 3.04. The predicted molar refractivity (Wildman–Crippen MR) is 79.4 cm³/mol. The third-order valence-corrected chi connectivity index (χ3v) is 2.49. The number of aromatic nitrogens is 2. The quantitative estimate of drug-likeness (QED) is 0.686. The molecule has 1 aromatic rings. The van der Waals surface area contributed by atoms with Crippen LogP contribution in [0.1, 0.15) is 0 Å². The first-order valence-electron chi connectivity index (χ1n) is 6.35. The first-order chi connectivity index (χ1) is 10.3. The first kappa shape index (κ1) is 17.4. The third-order valence-electron chi connectivity index (χ3n) is 2.26. The number of rotatable bonds is 8. The largest absolute Gasteiger partial charge is 0.487 e. The monoisotopic (exact) mass is 314 g/mol. The van der Waals surface area contributed by atoms with Gasteiger partial charge in [0, 0.05) is 26.5 Å². The molecule has 0 aliphatic heterocycles. The molecule has 0 aliphatic carbocycles. The molecule has 0 saturated carbocycles. The minimum absolute atomic E-state index is 0.290. The summed E-state index contributed by atoms with van der Waals surface area (Å²) in [4.78, 5) is 7.86. The van der Waals surface area contributed by atoms with E-state index in [0.717, 1.165) is 0 Å². The van der Waals surface area contributed by atoms with Gasteiger partial charge in [-0.1, -0.05) is 11.6 Å². The lowest BCUT2D eigenvalue weighted by molar-refractivity contribution is 0.132. The fourth-order valence-corrected chi connectivity index (χ4v) is 1.40. The van der Waals surface area contributed by atoms with E-state index in [0.29, 0.717) is 37.9 Å². The van der Waals surface area contributed by atoms with Gasteiger partial charge in [0.15, 0.2) is 11.5 Å². The van der Waals surface area contributed by atoms with Crippen LogP contribution in [-0.4, -0.2) is 50.6 Å². The van der Waals surface area contributed by atoms with E-state index in [9.17, 15) is 0 Å². The molecule has 116 valence electrons. The van der Waals surface area contributed by atoms with Crippen LogP contribution in [0.4, 0.5) is 0 Å². The number of hydrogen-bond acceptors (Lipinski definition) is 6. The van der Waals surface area contributed by atoms with Crippen molar-refractivity contribution in [2.24, 2.45) is 0 Å². The normalized spacial score (nSPS) is 9.86. The highest BCUT2D eigenvalue weighted by atomic mass is 35.5. The van der Waals surface area contributed by atoms with Crippen molar-refractivity contribution < 1.29 is 18.9 Å². The van der Waals surface area contributed by atoms with Crippen LogP contribution in [0.5, 0.6) is 11.5 Å². The van der Waals surface area contributed by atoms with Gasteiger partial charge in [0.05, 0.1) is 13.2 Å². The summed E-state index contributed by atoms with van der Waals surface area (Å²) in [5.74, 6) is 1.05. The topological polar surface area (TPSA) is 62.7 Å². The lowest BCUT2D eigenvalue weighted by Crippen LogP contribution is -2.08. The van der Waals surface area contributed by atoms with Crippen molar-refractivity contribution >= 4 is 11.6 Å². The summed E-state index contributed by atoms with van der Waals surface area (Å²) in [7, 11) is 3.21. The molecule has 0 unspecified atom stereocenters. The molecule has 1 heterocycles. The molecule has 0 aliphatic rings. The van der Waals surface area contributed by atoms with E-state index in [1.54, 1.807) is 38.6 Å². The Morgan fingerprint density at radius 1 is 0.905 bits per heavy atom. The maximum Gasteiger partial charge on any atom is 0.162 e. The molecule has 0 fully saturated rings. The van der Waals surface area contributed by atoms with Crippen molar-refractivity contribution in [1.82, 2.24) is 9.97 Å². The molecule has 0 saturated heterocycles. The first-order valence-corrected chi connectivity index (χ1v) is 6.73. The van der Waals surface area contributed by atoms with Crippen molar-refractivity contribution in [2.75, 3.05) is 40.6 Å². The summed E-state index contributed by atoms with van der Waals surface area (Å²) >= 11 is 5.90. The SMILES string of the molecule is COCCOc1ccncnc(Cl)ccc1OCCOC. The summed E-state index contributed by atoms with van der Waals surface area (Å²) in [6.07, 6.45) is 2.90. The summed E-state index contributed by atoms with van der Waals surface area (Å²) in [5, 5.41) is 0.290. The maximum atomic E-state index is 5.90. The second-order valence-corrected chi connectivity index (χ2v) is 4.16. The number of halogens is 1. The van der Waals surface area contributed by atoms with E-state index < -0.39 is 0 Å². The van der Waals surface area contributed by atoms with E-state index in [4.69, 9.17) is 30.5 Å². The molecular formula is C14H19ClN2O4. The Kier molecular flexibility index (Phi) is 9.19. The average Bonchev–Trinajstić information content (AvgIpc) is 2.49. The zero-order valence-electron chi connectivity index (χ0n) is 12.1. The van der Waals surface area contributed by atoms with Crippen molar-refractivity contribution in [1.29, 1.82) is 0 Å². The van der Waals surface area contributed by atoms with E-state index in [1.165, 1.54) is 6.33 Å². The van der Waals surface area contributed by atoms with Gasteiger partial charge in [0.25, 0.3) is 0 Å². The van der Waals surface area contributed by atoms with E-state index in [1.807, 2.05) is 0 Å². The zero-order valence-corrected chi connectivity index (χ0v) is 12.9. The fourth-order valence-electron chi connectivity index (χ4n) is 1.30. The van der Waals surface area contributed by atoms with Gasteiger partial charge in [0.2, 0.25) is 0 Å². The van der Waals surface area contributed by atoms with Gasteiger partial charge in [-0.05, 0) is 12.1 Å². The highest BCUT2D eigenvalue weighted by Crippen LogP contribution is 2.24. The van der Waals surface area contributed by atoms with Crippen LogP contribution in [0.2, 0.25) is 5.15 Å². The molecule has 0 spiro atoms. The Hall–Kier alpha value is -1.63. The van der Waals surface area contributed by atoms with E-state index >= 15 is 0 Å². The lowest BCUT2D eigenvalue weighted by Gasteiger charge is -2.10. The Morgan fingerprint density at radius 2 is 1.52 bits per heavy atom. The number of ether oxygens (including phenoxy) is 4. The molecule has 7 heteroatoms. The summed E-state index contributed by atoms with van der Waals surface area (Å²) in [6, 6.07) is 4.98. The van der Waals surface area contributed by atoms with E-state index in [-0.39, 0.29) is 5.15 Å². The van der Waals surface area contributed by atoms with Gasteiger partial charge in [-0.2, -0.15) is 0 Å². The van der Waals surface area contributed by atoms with Crippen LogP contribution in [0.3, 0.4) is 0 Å². The van der Waals surface area contributed by atoms with E-state index in [2.05, 4.69) is 9.97 Å². The van der Waals surface area contributed by atoms with Gasteiger partial charge >= 0.3 is 0 Å². The maximum absolute atomic E-state index is 5.90. The zero-order chi connectivity index (χ0) is 15.3. The standard InChI is InChI=1S/C14H19ClN2O4/c1-18-7-9-20-12-3-4-14(15)17-11-16-6-5-13(12)21-10-8-19-2/h3-6,11H,7-10H2,1-2H3. The molecule has 0 N–H and O–H groups in total. The van der Waals surface area contributed by atoms with Crippen LogP contribution in [0.15, 0.2) is 30.7 Å². The highest BCUT2D eigenvalue weighted by molar-refractivity contribution is 6.29. The fraction of sp³-hybridized carbons (Fsp3) is 0.429. The second-order valence-electron chi connectivity index (χ2n) is 3.78. The molecule has 0 bridgehead atoms. The molecular weight excluding hydrogens is 296 g/mol. The van der Waals surface area contributed by atoms with Crippen LogP contribution >= 0.6 is 11.6 Å². The van der Waals surface area contributed by atoms with Gasteiger partial charge in [-0.3, -0.25) is 0 Å². The molecule has 0 radical (unpaired) electrons. The van der Waals surface area contributed by atoms with Gasteiger partial charge < -0.3 is 18.9 Å². The molecule has 1 rings (SSSR count). The second kappa shape index (κ2) is 11.1. The van der Waals surface area contributed by atoms with Crippen LogP contribution in [0.25, 0.3) is 0 Å². The van der Waals surface area contributed by atoms with Crippen molar-refractivity contribution in [3.05, 3.63) is 35.9 Å². The molecule has 0 atom stereocenters. The Bertz CT molecular complexity index is 473. The molecule has 21 heavy (non-hydrogen) atoms. The minimum Gasteiger partial charge on any atom is -0.487 e. The summed E-state index contributed by atoms with van der Waals surface area (Å²) in [6.45, 7) is 1.72. The highest BCUT2D eigenvalue weighted by Gasteiger charge is 2.02. The summed E-state index contributed by atoms with van der Waals surface area (Å²) in [5.41, 5.74) is 0. The average molecular weight is 315 g/mol. The molecule has 1 aromatic heterocycles. The molecule has 0 amide bonds. The number of hydrogen-bond donors (Lipinski definition) is 0. The van der Waals surface area contributed by atoms with Crippen LogP contribution in [0, 0.1) is 0 Å². The van der Waals surface area contributed by atoms with Crippen molar-refractivity contribution in [2.45, 2.75) is 0 Å². The number of nitrogens with zero attached hydrogens (tertiary/aromatic N) is 2. The Labute approximate surface area is 129 Å². The third kappa shape index (κ3) is 7.65. The number of methoxy groups -OCH3 is 2.